The van der Waals surface area contributed by atoms with E-state index in [9.17, 15) is 0 Å². The first-order valence-corrected chi connectivity index (χ1v) is 7.57. The Morgan fingerprint density at radius 3 is 2.57 bits per heavy atom. The van der Waals surface area contributed by atoms with E-state index < -0.39 is 0 Å². The summed E-state index contributed by atoms with van der Waals surface area (Å²) in [6, 6.07) is 14.2. The zero-order valence-corrected chi connectivity index (χ0v) is 14.0. The normalized spacial score (nSPS) is 12.0. The van der Waals surface area contributed by atoms with Crippen molar-refractivity contribution in [1.82, 2.24) is 0 Å². The lowest BCUT2D eigenvalue weighted by atomic mass is 10.0. The van der Waals surface area contributed by atoms with E-state index in [4.69, 9.17) is 29.6 Å². The van der Waals surface area contributed by atoms with Crippen molar-refractivity contribution < 1.29 is 0 Å². The van der Waals surface area contributed by atoms with Crippen LogP contribution in [0, 0.1) is 6.92 Å². The fraction of sp³-hybridized carbons (Fsp3) is 0.235. The Labute approximate surface area is 136 Å². The third-order valence-corrected chi connectivity index (χ3v) is 4.17. The van der Waals surface area contributed by atoms with Gasteiger partial charge in [-0.2, -0.15) is 0 Å². The van der Waals surface area contributed by atoms with E-state index in [2.05, 4.69) is 30.9 Å². The van der Waals surface area contributed by atoms with Crippen LogP contribution in [-0.2, 0) is 0 Å². The molecule has 1 unspecified atom stereocenters. The van der Waals surface area contributed by atoms with Crippen molar-refractivity contribution >= 4 is 34.5 Å². The Morgan fingerprint density at radius 2 is 1.95 bits per heavy atom. The van der Waals surface area contributed by atoms with Gasteiger partial charge in [-0.25, -0.2) is 0 Å². The van der Waals surface area contributed by atoms with Crippen LogP contribution < -0.4 is 10.6 Å². The summed E-state index contributed by atoms with van der Waals surface area (Å²) in [5.41, 5.74) is 10.1. The average molecular weight is 319 g/mol. The number of nitrogens with two attached hydrogens (primary N) is 1. The summed E-state index contributed by atoms with van der Waals surface area (Å²) in [7, 11) is 2.04. The number of rotatable bonds is 4. The zero-order valence-electron chi connectivity index (χ0n) is 12.4. The molecule has 0 aliphatic rings. The first-order chi connectivity index (χ1) is 9.90. The van der Waals surface area contributed by atoms with E-state index in [1.54, 1.807) is 0 Å². The molecule has 1 atom stereocenters. The Hall–Kier alpha value is -1.58. The predicted molar refractivity (Wildman–Crippen MR) is 95.3 cm³/mol. The van der Waals surface area contributed by atoms with Crippen molar-refractivity contribution in [3.05, 3.63) is 64.2 Å². The number of aryl methyl sites for hydroxylation is 1. The number of nitrogens with zero attached hydrogens (tertiary/aromatic N) is 1. The second-order valence-corrected chi connectivity index (χ2v) is 6.10. The van der Waals surface area contributed by atoms with E-state index in [1.165, 1.54) is 5.56 Å². The maximum Gasteiger partial charge on any atom is 0.106 e. The Kier molecular flexibility index (Phi) is 4.86. The molecule has 2 aromatic rings. The minimum Gasteiger partial charge on any atom is -0.389 e. The first-order valence-electron chi connectivity index (χ1n) is 6.79. The highest BCUT2D eigenvalue weighted by Crippen LogP contribution is 2.30. The monoisotopic (exact) mass is 318 g/mol. The highest BCUT2D eigenvalue weighted by molar-refractivity contribution is 7.80. The summed E-state index contributed by atoms with van der Waals surface area (Å²) < 4.78 is 0. The molecule has 0 aliphatic heterocycles. The molecule has 2 rings (SSSR count). The van der Waals surface area contributed by atoms with E-state index in [1.807, 2.05) is 37.4 Å². The van der Waals surface area contributed by atoms with Gasteiger partial charge in [0.25, 0.3) is 0 Å². The second kappa shape index (κ2) is 6.46. The van der Waals surface area contributed by atoms with E-state index in [-0.39, 0.29) is 6.04 Å². The molecule has 0 heterocycles. The maximum atomic E-state index is 6.09. The highest BCUT2D eigenvalue weighted by Gasteiger charge is 2.17. The molecule has 0 radical (unpaired) electrons. The van der Waals surface area contributed by atoms with Gasteiger partial charge in [0.2, 0.25) is 0 Å². The predicted octanol–water partition coefficient (Wildman–Crippen LogP) is 4.48. The van der Waals surface area contributed by atoms with Crippen LogP contribution in [0.2, 0.25) is 5.02 Å². The minimum atomic E-state index is 0.165. The third kappa shape index (κ3) is 3.55. The van der Waals surface area contributed by atoms with Gasteiger partial charge in [-0.3, -0.25) is 0 Å². The van der Waals surface area contributed by atoms with E-state index in [0.29, 0.717) is 4.99 Å². The van der Waals surface area contributed by atoms with Crippen LogP contribution in [0.25, 0.3) is 0 Å². The van der Waals surface area contributed by atoms with Crippen LogP contribution in [0.4, 0.5) is 5.69 Å². The molecule has 0 aliphatic carbocycles. The number of hydrogen-bond acceptors (Lipinski definition) is 2. The lowest BCUT2D eigenvalue weighted by Gasteiger charge is -2.29. The van der Waals surface area contributed by atoms with Crippen LogP contribution in [0.1, 0.15) is 29.7 Å². The van der Waals surface area contributed by atoms with Crippen molar-refractivity contribution in [3.8, 4) is 0 Å². The molecule has 2 nitrogen and oxygen atoms in total. The molecule has 0 spiro atoms. The molecule has 0 bridgehead atoms. The molecule has 110 valence electrons. The summed E-state index contributed by atoms with van der Waals surface area (Å²) in [6.45, 7) is 4.20. The molecule has 0 fully saturated rings. The quantitative estimate of drug-likeness (QED) is 0.843. The van der Waals surface area contributed by atoms with Gasteiger partial charge in [-0.1, -0.05) is 42.0 Å². The summed E-state index contributed by atoms with van der Waals surface area (Å²) in [5.74, 6) is 0. The van der Waals surface area contributed by atoms with Crippen LogP contribution in [-0.4, -0.2) is 12.0 Å². The number of halogens is 1. The van der Waals surface area contributed by atoms with Crippen molar-refractivity contribution in [2.24, 2.45) is 5.73 Å². The fourth-order valence-electron chi connectivity index (χ4n) is 2.34. The van der Waals surface area contributed by atoms with Gasteiger partial charge in [0, 0.05) is 23.3 Å². The molecule has 2 aromatic carbocycles. The summed E-state index contributed by atoms with van der Waals surface area (Å²) >= 11 is 11.3. The van der Waals surface area contributed by atoms with Crippen molar-refractivity contribution in [1.29, 1.82) is 0 Å². The van der Waals surface area contributed by atoms with Crippen molar-refractivity contribution in [2.45, 2.75) is 19.9 Å². The van der Waals surface area contributed by atoms with Crippen LogP contribution in [0.5, 0.6) is 0 Å². The SMILES string of the molecule is Cc1ccc(C(N)=S)c(N(C)C(C)c2cccc(Cl)c2)c1. The van der Waals surface area contributed by atoms with Gasteiger partial charge in [0.1, 0.15) is 4.99 Å². The van der Waals surface area contributed by atoms with Crippen LogP contribution >= 0.6 is 23.8 Å². The standard InChI is InChI=1S/C17H19ClN2S/c1-11-7-8-15(17(19)21)16(9-11)20(3)12(2)13-5-4-6-14(18)10-13/h4-10,12H,1-3H3,(H2,19,21). The van der Waals surface area contributed by atoms with E-state index in [0.717, 1.165) is 21.8 Å². The van der Waals surface area contributed by atoms with Gasteiger partial charge in [-0.05, 0) is 49.2 Å². The number of anilines is 1. The fourth-order valence-corrected chi connectivity index (χ4v) is 2.71. The maximum absolute atomic E-state index is 6.09. The van der Waals surface area contributed by atoms with Crippen LogP contribution in [0.15, 0.2) is 42.5 Å². The van der Waals surface area contributed by atoms with Gasteiger partial charge < -0.3 is 10.6 Å². The number of thiocarbonyl (C=S) groups is 1. The van der Waals surface area contributed by atoms with Gasteiger partial charge in [-0.15, -0.1) is 0 Å². The molecular formula is C17H19ClN2S. The first kappa shape index (κ1) is 15.8. The molecule has 21 heavy (non-hydrogen) atoms. The zero-order chi connectivity index (χ0) is 15.6. The smallest absolute Gasteiger partial charge is 0.106 e. The molecule has 0 saturated carbocycles. The summed E-state index contributed by atoms with van der Waals surface area (Å²) in [5, 5.41) is 0.742. The third-order valence-electron chi connectivity index (χ3n) is 3.71. The Bertz CT molecular complexity index is 670. The summed E-state index contributed by atoms with van der Waals surface area (Å²) in [4.78, 5) is 2.59. The number of hydrogen-bond donors (Lipinski definition) is 1. The second-order valence-electron chi connectivity index (χ2n) is 5.23. The van der Waals surface area contributed by atoms with Gasteiger partial charge >= 0.3 is 0 Å². The van der Waals surface area contributed by atoms with Crippen LogP contribution in [0.3, 0.4) is 0 Å². The lowest BCUT2D eigenvalue weighted by molar-refractivity contribution is 0.739. The Morgan fingerprint density at radius 1 is 1.24 bits per heavy atom. The van der Waals surface area contributed by atoms with Crippen molar-refractivity contribution in [3.63, 3.8) is 0 Å². The molecule has 0 amide bonds. The molecular weight excluding hydrogens is 300 g/mol. The van der Waals surface area contributed by atoms with Gasteiger partial charge in [0.05, 0.1) is 6.04 Å². The molecule has 2 N–H and O–H groups in total. The topological polar surface area (TPSA) is 29.3 Å². The molecule has 0 aromatic heterocycles. The highest BCUT2D eigenvalue weighted by atomic mass is 35.5. The molecule has 0 saturated heterocycles. The molecule has 4 heteroatoms. The minimum absolute atomic E-state index is 0.165. The van der Waals surface area contributed by atoms with E-state index >= 15 is 0 Å². The summed E-state index contributed by atoms with van der Waals surface area (Å²) in [6.07, 6.45) is 0. The van der Waals surface area contributed by atoms with Gasteiger partial charge in [0.15, 0.2) is 0 Å². The van der Waals surface area contributed by atoms with Crippen molar-refractivity contribution in [2.75, 3.05) is 11.9 Å². The number of benzene rings is 2. The largest absolute Gasteiger partial charge is 0.389 e. The average Bonchev–Trinajstić information content (AvgIpc) is 2.45. The lowest BCUT2D eigenvalue weighted by Crippen LogP contribution is -2.25. The Balaban J connectivity index is 2.41.